The minimum Gasteiger partial charge on any atom is -0.446 e. The summed E-state index contributed by atoms with van der Waals surface area (Å²) in [7, 11) is 0. The molecule has 7 heteroatoms. The molecule has 1 atom stereocenters. The van der Waals surface area contributed by atoms with Crippen LogP contribution in [-0.2, 0) is 9.53 Å². The minimum absolute atomic E-state index is 0.344. The van der Waals surface area contributed by atoms with Crippen LogP contribution in [-0.4, -0.2) is 5.97 Å². The standard InChI is InChI=1S/C9H5Br5O2/c1-3(15)16-9(14)4-2-5(10)7(12)8(13)6(4)11/h2,9H,1H3. The van der Waals surface area contributed by atoms with E-state index in [1.54, 1.807) is 0 Å². The predicted octanol–water partition coefficient (Wildman–Crippen LogP) is 5.69. The van der Waals surface area contributed by atoms with Crippen molar-refractivity contribution in [2.75, 3.05) is 0 Å². The molecule has 0 N–H and O–H groups in total. The van der Waals surface area contributed by atoms with Crippen molar-refractivity contribution in [3.8, 4) is 0 Å². The number of ether oxygens (including phenoxy) is 1. The van der Waals surface area contributed by atoms with Gasteiger partial charge in [-0.1, -0.05) is 0 Å². The minimum atomic E-state index is -0.486. The Labute approximate surface area is 135 Å². The van der Waals surface area contributed by atoms with Crippen LogP contribution in [0.25, 0.3) is 0 Å². The zero-order chi connectivity index (χ0) is 12.5. The van der Waals surface area contributed by atoms with Gasteiger partial charge in [0.2, 0.25) is 0 Å². The van der Waals surface area contributed by atoms with Crippen molar-refractivity contribution in [3.05, 3.63) is 29.5 Å². The Bertz CT molecular complexity index is 432. The average molecular weight is 545 g/mol. The smallest absolute Gasteiger partial charge is 0.304 e. The van der Waals surface area contributed by atoms with E-state index in [0.29, 0.717) is 0 Å². The third kappa shape index (κ3) is 3.54. The van der Waals surface area contributed by atoms with Gasteiger partial charge in [-0.15, -0.1) is 0 Å². The van der Waals surface area contributed by atoms with E-state index >= 15 is 0 Å². The average Bonchev–Trinajstić information content (AvgIpc) is 2.19. The first-order chi connectivity index (χ1) is 7.34. The van der Waals surface area contributed by atoms with E-state index in [1.165, 1.54) is 6.92 Å². The highest BCUT2D eigenvalue weighted by molar-refractivity contribution is 9.15. The zero-order valence-electron chi connectivity index (χ0n) is 7.86. The lowest BCUT2D eigenvalue weighted by Gasteiger charge is -2.15. The maximum absolute atomic E-state index is 10.9. The van der Waals surface area contributed by atoms with E-state index in [9.17, 15) is 4.79 Å². The van der Waals surface area contributed by atoms with Crippen molar-refractivity contribution in [3.63, 3.8) is 0 Å². The number of hydrogen-bond donors (Lipinski definition) is 0. The van der Waals surface area contributed by atoms with Gasteiger partial charge in [-0.2, -0.15) is 0 Å². The molecule has 0 amide bonds. The molecule has 1 aromatic rings. The fourth-order valence-electron chi connectivity index (χ4n) is 0.966. The number of halogens is 5. The van der Waals surface area contributed by atoms with Gasteiger partial charge in [0.05, 0.1) is 0 Å². The number of benzene rings is 1. The molecule has 0 fully saturated rings. The van der Waals surface area contributed by atoms with Crippen molar-refractivity contribution >= 4 is 85.6 Å². The SMILES string of the molecule is CC(=O)OC(Br)c1cc(Br)c(Br)c(Br)c1Br. The molecule has 1 aromatic carbocycles. The van der Waals surface area contributed by atoms with Crippen LogP contribution >= 0.6 is 79.6 Å². The van der Waals surface area contributed by atoms with Crippen LogP contribution in [0.3, 0.4) is 0 Å². The summed E-state index contributed by atoms with van der Waals surface area (Å²) in [5, 5.41) is -0.486. The first-order valence-corrected chi connectivity index (χ1v) is 8.07. The van der Waals surface area contributed by atoms with E-state index in [-0.39, 0.29) is 5.97 Å². The molecule has 0 aliphatic heterocycles. The Morgan fingerprint density at radius 3 is 2.25 bits per heavy atom. The van der Waals surface area contributed by atoms with Gasteiger partial charge in [0.15, 0.2) is 5.01 Å². The van der Waals surface area contributed by atoms with Crippen molar-refractivity contribution in [1.82, 2.24) is 0 Å². The third-order valence-electron chi connectivity index (χ3n) is 1.64. The first-order valence-electron chi connectivity index (χ1n) is 3.98. The van der Waals surface area contributed by atoms with E-state index in [4.69, 9.17) is 4.74 Å². The van der Waals surface area contributed by atoms with Crippen molar-refractivity contribution in [2.24, 2.45) is 0 Å². The van der Waals surface area contributed by atoms with Gasteiger partial charge >= 0.3 is 5.97 Å². The summed E-state index contributed by atoms with van der Waals surface area (Å²) in [6.07, 6.45) is 0. The number of alkyl halides is 1. The Morgan fingerprint density at radius 1 is 1.19 bits per heavy atom. The second-order valence-electron chi connectivity index (χ2n) is 2.82. The van der Waals surface area contributed by atoms with Crippen molar-refractivity contribution in [1.29, 1.82) is 0 Å². The maximum atomic E-state index is 10.9. The van der Waals surface area contributed by atoms with Gasteiger partial charge in [-0.3, -0.25) is 4.79 Å². The molecule has 0 aliphatic carbocycles. The quantitative estimate of drug-likeness (QED) is 0.207. The molecule has 0 heterocycles. The molecule has 0 saturated carbocycles. The first kappa shape index (κ1) is 15.1. The van der Waals surface area contributed by atoms with Gasteiger partial charge in [0.1, 0.15) is 0 Å². The lowest BCUT2D eigenvalue weighted by Crippen LogP contribution is -2.03. The van der Waals surface area contributed by atoms with Crippen molar-refractivity contribution < 1.29 is 9.53 Å². The molecule has 0 saturated heterocycles. The summed E-state index contributed by atoms with van der Waals surface area (Å²) < 4.78 is 8.50. The predicted molar refractivity (Wildman–Crippen MR) is 80.7 cm³/mol. The monoisotopic (exact) mass is 540 g/mol. The Hall–Kier alpha value is 1.09. The number of carbonyl (C=O) groups excluding carboxylic acids is 1. The van der Waals surface area contributed by atoms with Gasteiger partial charge in [0, 0.05) is 30.4 Å². The van der Waals surface area contributed by atoms with Crippen LogP contribution < -0.4 is 0 Å². The van der Waals surface area contributed by atoms with E-state index < -0.39 is 5.01 Å². The van der Waals surface area contributed by atoms with Crippen LogP contribution in [0.15, 0.2) is 24.0 Å². The molecular weight excluding hydrogens is 540 g/mol. The molecule has 1 rings (SSSR count). The van der Waals surface area contributed by atoms with Gasteiger partial charge < -0.3 is 4.74 Å². The number of carbonyl (C=O) groups is 1. The highest BCUT2D eigenvalue weighted by Gasteiger charge is 2.19. The Morgan fingerprint density at radius 2 is 1.75 bits per heavy atom. The summed E-state index contributed by atoms with van der Waals surface area (Å²) in [4.78, 5) is 10.9. The summed E-state index contributed by atoms with van der Waals surface area (Å²) >= 11 is 17.0. The van der Waals surface area contributed by atoms with E-state index in [1.807, 2.05) is 6.07 Å². The van der Waals surface area contributed by atoms with Gasteiger partial charge in [-0.25, -0.2) is 0 Å². The van der Waals surface area contributed by atoms with Crippen molar-refractivity contribution in [2.45, 2.75) is 11.9 Å². The molecule has 0 bridgehead atoms. The highest BCUT2D eigenvalue weighted by Crippen LogP contribution is 2.43. The van der Waals surface area contributed by atoms with Gasteiger partial charge in [0.25, 0.3) is 0 Å². The second-order valence-corrected chi connectivity index (χ2v) is 6.88. The summed E-state index contributed by atoms with van der Waals surface area (Å²) in [5.41, 5.74) is 0.817. The third-order valence-corrected chi connectivity index (χ3v) is 7.02. The fraction of sp³-hybridized carbons (Fsp3) is 0.222. The molecule has 0 aliphatic rings. The van der Waals surface area contributed by atoms with E-state index in [0.717, 1.165) is 23.5 Å². The fourth-order valence-corrected chi connectivity index (χ4v) is 4.15. The lowest BCUT2D eigenvalue weighted by atomic mass is 10.2. The zero-order valence-corrected chi connectivity index (χ0v) is 15.8. The summed E-state index contributed by atoms with van der Waals surface area (Å²) in [6.45, 7) is 1.37. The summed E-state index contributed by atoms with van der Waals surface area (Å²) in [5.74, 6) is -0.344. The number of esters is 1. The second kappa shape index (κ2) is 6.31. The molecular formula is C9H5Br5O2. The highest BCUT2D eigenvalue weighted by atomic mass is 79.9. The van der Waals surface area contributed by atoms with Crippen LogP contribution in [0.4, 0.5) is 0 Å². The molecule has 2 nitrogen and oxygen atoms in total. The largest absolute Gasteiger partial charge is 0.446 e. The van der Waals surface area contributed by atoms with Crippen LogP contribution in [0.5, 0.6) is 0 Å². The lowest BCUT2D eigenvalue weighted by molar-refractivity contribution is -0.142. The van der Waals surface area contributed by atoms with Crippen LogP contribution in [0, 0.1) is 0 Å². The number of hydrogen-bond acceptors (Lipinski definition) is 2. The molecule has 16 heavy (non-hydrogen) atoms. The molecule has 1 unspecified atom stereocenters. The van der Waals surface area contributed by atoms with Gasteiger partial charge in [-0.05, 0) is 85.7 Å². The molecule has 0 aromatic heterocycles. The Kier molecular flexibility index (Phi) is 5.98. The van der Waals surface area contributed by atoms with E-state index in [2.05, 4.69) is 79.6 Å². The van der Waals surface area contributed by atoms with Crippen LogP contribution in [0.1, 0.15) is 17.5 Å². The topological polar surface area (TPSA) is 26.3 Å². The maximum Gasteiger partial charge on any atom is 0.304 e. The molecule has 88 valence electrons. The molecule has 0 radical (unpaired) electrons. The normalized spacial score (nSPS) is 12.4. The Balaban J connectivity index is 3.19. The molecule has 0 spiro atoms. The summed E-state index contributed by atoms with van der Waals surface area (Å²) in [6, 6.07) is 1.86. The van der Waals surface area contributed by atoms with Crippen LogP contribution in [0.2, 0.25) is 0 Å². The number of rotatable bonds is 2.